The minimum atomic E-state index is -4.58. The van der Waals surface area contributed by atoms with Crippen LogP contribution in [0.5, 0.6) is 0 Å². The summed E-state index contributed by atoms with van der Waals surface area (Å²) in [5.74, 6) is 8.95. The maximum absolute atomic E-state index is 13.5. The number of para-hydroxylation sites is 2. The second-order valence-electron chi connectivity index (χ2n) is 18.5. The van der Waals surface area contributed by atoms with Crippen LogP contribution in [-0.2, 0) is 32.7 Å². The number of fused-ring (bicyclic) bond motifs is 4. The number of pyridine rings is 2. The molecule has 0 aliphatic rings. The number of rotatable bonds is 9. The molecule has 1 radical (unpaired) electrons. The summed E-state index contributed by atoms with van der Waals surface area (Å²) in [6, 6.07) is 45.7. The average molecular weight is 1110 g/mol. The van der Waals surface area contributed by atoms with Gasteiger partial charge in [-0.2, -0.15) is 13.2 Å². The Morgan fingerprint density at radius 1 is 0.708 bits per heavy atom. The standard InChI is InChI=1S/C37H29F3N3O.C18H24GeN.Ir/c1-21(2)28-19-24(23-11-6-5-7-12-23)20-29(22(3)4)33(28)43-31-16-9-8-15-30(31)41-35(43)27-14-10-13-25-26-17-18-32(37(38,39)40)42-36(26)44-34(25)27;1-14(2)11-16-12-18(15-9-7-6-8-10-15)20-13-17(16)19(3,4)5;/h5-13,15-22H,1-4H3;6-9,12-14H,11H2,1-5H3;/q2*-1;. The van der Waals surface area contributed by atoms with Crippen LogP contribution in [0, 0.1) is 18.1 Å². The predicted molar refractivity (Wildman–Crippen MR) is 259 cm³/mol. The molecule has 5 nitrogen and oxygen atoms in total. The molecule has 0 unspecified atom stereocenters. The van der Waals surface area contributed by atoms with Crippen LogP contribution in [0.4, 0.5) is 13.2 Å². The molecule has 65 heavy (non-hydrogen) atoms. The van der Waals surface area contributed by atoms with Crippen molar-refractivity contribution in [2.24, 2.45) is 5.92 Å². The molecule has 9 rings (SSSR count). The first-order valence-corrected chi connectivity index (χ1v) is 29.3. The molecule has 0 amide bonds. The van der Waals surface area contributed by atoms with Gasteiger partial charge in [-0.3, -0.25) is 4.98 Å². The Hall–Kier alpha value is -5.35. The van der Waals surface area contributed by atoms with Crippen LogP contribution in [0.3, 0.4) is 0 Å². The van der Waals surface area contributed by atoms with Crippen molar-refractivity contribution in [3.8, 4) is 39.5 Å². The third-order valence-electron chi connectivity index (χ3n) is 11.5. The van der Waals surface area contributed by atoms with E-state index in [4.69, 9.17) is 14.4 Å². The van der Waals surface area contributed by atoms with Crippen LogP contribution in [0.1, 0.15) is 75.8 Å². The van der Waals surface area contributed by atoms with Gasteiger partial charge in [0.05, 0.1) is 22.4 Å². The van der Waals surface area contributed by atoms with E-state index in [1.165, 1.54) is 11.6 Å². The topological polar surface area (TPSA) is 56.7 Å². The second kappa shape index (κ2) is 19.2. The van der Waals surface area contributed by atoms with Gasteiger partial charge in [-0.15, -0.1) is 18.2 Å². The van der Waals surface area contributed by atoms with E-state index in [1.807, 2.05) is 60.7 Å². The monoisotopic (exact) mass is 1110 g/mol. The minimum absolute atomic E-state index is 0. The van der Waals surface area contributed by atoms with Gasteiger partial charge in [0.1, 0.15) is 5.69 Å². The molecular formula is C55H53F3GeIrN4O-2. The van der Waals surface area contributed by atoms with Gasteiger partial charge in [-0.1, -0.05) is 81.1 Å². The largest absolute Gasteiger partial charge is 0.486 e. The second-order valence-corrected chi connectivity index (χ2v) is 29.1. The molecule has 0 saturated heterocycles. The molecule has 4 aromatic heterocycles. The summed E-state index contributed by atoms with van der Waals surface area (Å²) < 4.78 is 50.3. The third-order valence-corrected chi connectivity index (χ3v) is 15.9. The Kier molecular flexibility index (Phi) is 14.1. The van der Waals surface area contributed by atoms with Gasteiger partial charge >= 0.3 is 132 Å². The normalized spacial score (nSPS) is 12.0. The molecular weight excluding hydrogens is 1050 g/mol. The molecule has 0 spiro atoms. The molecule has 0 bridgehead atoms. The number of benzene rings is 5. The van der Waals surface area contributed by atoms with Crippen LogP contribution in [-0.4, -0.2) is 32.8 Å². The maximum Gasteiger partial charge on any atom is 0.433 e. The van der Waals surface area contributed by atoms with Crippen molar-refractivity contribution in [2.45, 2.75) is 83.2 Å². The van der Waals surface area contributed by atoms with E-state index >= 15 is 0 Å². The quantitative estimate of drug-likeness (QED) is 0.107. The number of halogens is 3. The van der Waals surface area contributed by atoms with Crippen molar-refractivity contribution in [3.63, 3.8) is 0 Å². The van der Waals surface area contributed by atoms with Crippen molar-refractivity contribution in [2.75, 3.05) is 0 Å². The molecule has 0 N–H and O–H groups in total. The van der Waals surface area contributed by atoms with E-state index in [2.05, 4.69) is 123 Å². The molecule has 335 valence electrons. The predicted octanol–water partition coefficient (Wildman–Crippen LogP) is 15.0. The molecule has 0 aliphatic heterocycles. The molecule has 5 aromatic carbocycles. The number of alkyl halides is 3. The van der Waals surface area contributed by atoms with Crippen LogP contribution >= 0.6 is 0 Å². The molecule has 0 fully saturated rings. The first kappa shape index (κ1) is 47.6. The van der Waals surface area contributed by atoms with Crippen molar-refractivity contribution in [1.29, 1.82) is 0 Å². The minimum Gasteiger partial charge on any atom is -0.486 e. The van der Waals surface area contributed by atoms with Gasteiger partial charge in [-0.25, -0.2) is 4.98 Å². The summed E-state index contributed by atoms with van der Waals surface area (Å²) in [6.45, 7) is 13.3. The fourth-order valence-electron chi connectivity index (χ4n) is 8.46. The van der Waals surface area contributed by atoms with E-state index < -0.39 is 25.1 Å². The molecule has 0 atom stereocenters. The molecule has 0 aliphatic carbocycles. The third kappa shape index (κ3) is 9.93. The van der Waals surface area contributed by atoms with E-state index in [0.717, 1.165) is 62.7 Å². The molecule has 10 heteroatoms. The zero-order valence-electron chi connectivity index (χ0n) is 38.2. The number of nitrogens with zero attached hydrogens (tertiary/aromatic N) is 4. The van der Waals surface area contributed by atoms with Gasteiger partial charge in [-0.05, 0) is 70.5 Å². The van der Waals surface area contributed by atoms with Gasteiger partial charge in [0.2, 0.25) is 5.71 Å². The Bertz CT molecular complexity index is 3070. The number of imidazole rings is 1. The zero-order chi connectivity index (χ0) is 45.5. The smallest absolute Gasteiger partial charge is 0.433 e. The summed E-state index contributed by atoms with van der Waals surface area (Å²) in [5.41, 5.74) is 10.9. The van der Waals surface area contributed by atoms with E-state index in [1.54, 1.807) is 16.5 Å². The number of hydrogen-bond acceptors (Lipinski definition) is 4. The molecule has 0 saturated carbocycles. The number of furan rings is 1. The first-order chi connectivity index (χ1) is 30.5. The van der Waals surface area contributed by atoms with E-state index in [-0.39, 0.29) is 37.7 Å². The summed E-state index contributed by atoms with van der Waals surface area (Å²) >= 11 is -1.86. The Labute approximate surface area is 396 Å². The number of aromatic nitrogens is 4. The van der Waals surface area contributed by atoms with E-state index in [9.17, 15) is 13.2 Å². The molecule has 9 aromatic rings. The fourth-order valence-corrected chi connectivity index (χ4v) is 11.8. The summed E-state index contributed by atoms with van der Waals surface area (Å²) in [5, 5.41) is 1.16. The van der Waals surface area contributed by atoms with E-state index in [0.29, 0.717) is 33.7 Å². The number of hydrogen-bond donors (Lipinski definition) is 0. The van der Waals surface area contributed by atoms with Crippen molar-refractivity contribution in [1.82, 2.24) is 19.5 Å². The fraction of sp³-hybridized carbons (Fsp3) is 0.255. The van der Waals surface area contributed by atoms with Crippen molar-refractivity contribution >= 4 is 50.8 Å². The maximum atomic E-state index is 13.5. The van der Waals surface area contributed by atoms with Gasteiger partial charge in [0, 0.05) is 31.2 Å². The summed E-state index contributed by atoms with van der Waals surface area (Å²) in [6.07, 6.45) is -1.31. The summed E-state index contributed by atoms with van der Waals surface area (Å²) in [4.78, 5) is 13.6. The van der Waals surface area contributed by atoms with Gasteiger partial charge < -0.3 is 8.98 Å². The summed E-state index contributed by atoms with van der Waals surface area (Å²) in [7, 11) is 0. The molecule has 4 heterocycles. The van der Waals surface area contributed by atoms with Crippen LogP contribution < -0.4 is 4.40 Å². The Morgan fingerprint density at radius 3 is 2.02 bits per heavy atom. The first-order valence-electron chi connectivity index (χ1n) is 22.0. The van der Waals surface area contributed by atoms with Crippen LogP contribution in [0.25, 0.3) is 72.6 Å². The SMILES string of the molecule is CC(C)Cc1cc(-c2[c-]cccc2)nc[c]1[Ge]([CH3])([CH3])[CH3].CC(C)c1cc(-c2ccccc2)cc(C(C)C)c1-n1c(-c2[c-]ccc3c2oc2nc(C(F)(F)F)ccc23)nc2ccccc21.[Ir]. The van der Waals surface area contributed by atoms with Gasteiger partial charge in [0.15, 0.2) is 0 Å². The Morgan fingerprint density at radius 2 is 1.38 bits per heavy atom. The van der Waals surface area contributed by atoms with Gasteiger partial charge in [0.25, 0.3) is 0 Å². The van der Waals surface area contributed by atoms with Crippen LogP contribution in [0.15, 0.2) is 132 Å². The van der Waals surface area contributed by atoms with Crippen molar-refractivity contribution in [3.05, 3.63) is 162 Å². The average Bonchev–Trinajstić information content (AvgIpc) is 3.84. The zero-order valence-corrected chi connectivity index (χ0v) is 42.7. The van der Waals surface area contributed by atoms with Crippen LogP contribution in [0.2, 0.25) is 17.3 Å². The van der Waals surface area contributed by atoms with Crippen molar-refractivity contribution < 1.29 is 37.7 Å². The Balaban J connectivity index is 0.000000253.